The van der Waals surface area contributed by atoms with Crippen molar-refractivity contribution in [1.82, 2.24) is 5.32 Å². The quantitative estimate of drug-likeness (QED) is 0.620. The second kappa shape index (κ2) is 5.61. The molecule has 1 atom stereocenters. The minimum atomic E-state index is 0.355. The van der Waals surface area contributed by atoms with Gasteiger partial charge in [-0.25, -0.2) is 0 Å². The lowest BCUT2D eigenvalue weighted by atomic mass is 9.79. The number of aliphatic hydroxyl groups excluding tert-OH is 1. The van der Waals surface area contributed by atoms with E-state index in [0.29, 0.717) is 12.0 Å². The Labute approximate surface area is 81.7 Å². The summed E-state index contributed by atoms with van der Waals surface area (Å²) in [6, 6.07) is 0. The fourth-order valence-corrected chi connectivity index (χ4v) is 2.33. The van der Waals surface area contributed by atoms with E-state index in [4.69, 9.17) is 5.11 Å². The summed E-state index contributed by atoms with van der Waals surface area (Å²) in [6.07, 6.45) is 7.52. The van der Waals surface area contributed by atoms with Crippen LogP contribution in [0.1, 0.15) is 45.4 Å². The first-order valence-corrected chi connectivity index (χ1v) is 5.64. The SMILES string of the molecule is CCCCCC1(CCO)CCNC1. The third kappa shape index (κ3) is 3.28. The Balaban J connectivity index is 2.28. The van der Waals surface area contributed by atoms with Gasteiger partial charge in [0, 0.05) is 13.2 Å². The summed E-state index contributed by atoms with van der Waals surface area (Å²) in [6.45, 7) is 4.86. The molecule has 1 fully saturated rings. The summed E-state index contributed by atoms with van der Waals surface area (Å²) in [4.78, 5) is 0. The van der Waals surface area contributed by atoms with Crippen LogP contribution in [0.15, 0.2) is 0 Å². The molecule has 0 aromatic rings. The zero-order valence-corrected chi connectivity index (χ0v) is 8.81. The molecular weight excluding hydrogens is 162 g/mol. The molecule has 2 nitrogen and oxygen atoms in total. The molecule has 0 amide bonds. The van der Waals surface area contributed by atoms with Crippen LogP contribution in [-0.2, 0) is 0 Å². The summed E-state index contributed by atoms with van der Waals surface area (Å²) in [5, 5.41) is 12.4. The van der Waals surface area contributed by atoms with E-state index in [1.807, 2.05) is 0 Å². The van der Waals surface area contributed by atoms with Gasteiger partial charge in [0.05, 0.1) is 0 Å². The lowest BCUT2D eigenvalue weighted by Crippen LogP contribution is -2.25. The predicted octanol–water partition coefficient (Wildman–Crippen LogP) is 1.93. The average Bonchev–Trinajstić information content (AvgIpc) is 2.55. The lowest BCUT2D eigenvalue weighted by molar-refractivity contribution is 0.182. The maximum Gasteiger partial charge on any atom is 0.0436 e. The predicted molar refractivity (Wildman–Crippen MR) is 55.8 cm³/mol. The summed E-state index contributed by atoms with van der Waals surface area (Å²) in [5.41, 5.74) is 0.434. The number of hydrogen-bond donors (Lipinski definition) is 2. The monoisotopic (exact) mass is 185 g/mol. The normalized spacial score (nSPS) is 28.2. The standard InChI is InChI=1S/C11H23NO/c1-2-3-4-5-11(7-9-13)6-8-12-10-11/h12-13H,2-10H2,1H3. The molecule has 1 unspecified atom stereocenters. The molecule has 13 heavy (non-hydrogen) atoms. The zero-order chi connectivity index (χ0) is 9.57. The third-order valence-electron chi connectivity index (χ3n) is 3.28. The summed E-state index contributed by atoms with van der Waals surface area (Å²) >= 11 is 0. The number of unbranched alkanes of at least 4 members (excludes halogenated alkanes) is 2. The molecule has 1 heterocycles. The Morgan fingerprint density at radius 3 is 2.69 bits per heavy atom. The average molecular weight is 185 g/mol. The number of nitrogens with one attached hydrogen (secondary N) is 1. The highest BCUT2D eigenvalue weighted by Gasteiger charge is 2.32. The minimum Gasteiger partial charge on any atom is -0.396 e. The van der Waals surface area contributed by atoms with Crippen molar-refractivity contribution in [3.05, 3.63) is 0 Å². The van der Waals surface area contributed by atoms with E-state index in [1.54, 1.807) is 0 Å². The van der Waals surface area contributed by atoms with Crippen LogP contribution in [0.25, 0.3) is 0 Å². The Morgan fingerprint density at radius 2 is 2.15 bits per heavy atom. The molecule has 2 N–H and O–H groups in total. The molecular formula is C11H23NO. The highest BCUT2D eigenvalue weighted by atomic mass is 16.3. The number of rotatable bonds is 6. The van der Waals surface area contributed by atoms with E-state index < -0.39 is 0 Å². The number of hydrogen-bond acceptors (Lipinski definition) is 2. The van der Waals surface area contributed by atoms with Crippen molar-refractivity contribution in [2.75, 3.05) is 19.7 Å². The maximum atomic E-state index is 9.02. The van der Waals surface area contributed by atoms with Gasteiger partial charge in [-0.1, -0.05) is 26.2 Å². The first kappa shape index (κ1) is 11.0. The van der Waals surface area contributed by atoms with E-state index in [1.165, 1.54) is 32.1 Å². The second-order valence-electron chi connectivity index (χ2n) is 4.36. The zero-order valence-electron chi connectivity index (χ0n) is 8.81. The fourth-order valence-electron chi connectivity index (χ4n) is 2.33. The third-order valence-corrected chi connectivity index (χ3v) is 3.28. The van der Waals surface area contributed by atoms with Crippen LogP contribution in [0.3, 0.4) is 0 Å². The van der Waals surface area contributed by atoms with Crippen LogP contribution in [0.5, 0.6) is 0 Å². The largest absolute Gasteiger partial charge is 0.396 e. The van der Waals surface area contributed by atoms with Crippen LogP contribution in [-0.4, -0.2) is 24.8 Å². The molecule has 1 rings (SSSR count). The van der Waals surface area contributed by atoms with Gasteiger partial charge in [0.15, 0.2) is 0 Å². The van der Waals surface area contributed by atoms with Gasteiger partial charge in [-0.2, -0.15) is 0 Å². The molecule has 1 aliphatic heterocycles. The van der Waals surface area contributed by atoms with Gasteiger partial charge in [0.1, 0.15) is 0 Å². The first-order valence-electron chi connectivity index (χ1n) is 5.64. The smallest absolute Gasteiger partial charge is 0.0436 e. The molecule has 1 aliphatic rings. The molecule has 78 valence electrons. The second-order valence-corrected chi connectivity index (χ2v) is 4.36. The van der Waals surface area contributed by atoms with Crippen LogP contribution >= 0.6 is 0 Å². The van der Waals surface area contributed by atoms with Crippen LogP contribution in [0.4, 0.5) is 0 Å². The van der Waals surface area contributed by atoms with Gasteiger partial charge >= 0.3 is 0 Å². The van der Waals surface area contributed by atoms with Gasteiger partial charge in [0.2, 0.25) is 0 Å². The van der Waals surface area contributed by atoms with E-state index in [9.17, 15) is 0 Å². The highest BCUT2D eigenvalue weighted by Crippen LogP contribution is 2.34. The van der Waals surface area contributed by atoms with E-state index in [-0.39, 0.29) is 0 Å². The molecule has 0 spiro atoms. The van der Waals surface area contributed by atoms with Gasteiger partial charge < -0.3 is 10.4 Å². The van der Waals surface area contributed by atoms with Gasteiger partial charge in [-0.3, -0.25) is 0 Å². The van der Waals surface area contributed by atoms with Crippen molar-refractivity contribution in [3.8, 4) is 0 Å². The molecule has 1 saturated heterocycles. The molecule has 0 saturated carbocycles. The molecule has 0 aromatic carbocycles. The van der Waals surface area contributed by atoms with Crippen molar-refractivity contribution in [2.45, 2.75) is 45.4 Å². The summed E-state index contributed by atoms with van der Waals surface area (Å²) in [5.74, 6) is 0. The Kier molecular flexibility index (Phi) is 4.74. The Bertz CT molecular complexity index is 130. The van der Waals surface area contributed by atoms with E-state index in [2.05, 4.69) is 12.2 Å². The minimum absolute atomic E-state index is 0.355. The van der Waals surface area contributed by atoms with E-state index >= 15 is 0 Å². The van der Waals surface area contributed by atoms with Crippen molar-refractivity contribution in [1.29, 1.82) is 0 Å². The van der Waals surface area contributed by atoms with Crippen molar-refractivity contribution < 1.29 is 5.11 Å². The molecule has 0 bridgehead atoms. The van der Waals surface area contributed by atoms with Crippen LogP contribution in [0.2, 0.25) is 0 Å². The van der Waals surface area contributed by atoms with Gasteiger partial charge in [-0.15, -0.1) is 0 Å². The van der Waals surface area contributed by atoms with Crippen LogP contribution < -0.4 is 5.32 Å². The van der Waals surface area contributed by atoms with Gasteiger partial charge in [0.25, 0.3) is 0 Å². The molecule has 0 radical (unpaired) electrons. The summed E-state index contributed by atoms with van der Waals surface area (Å²) in [7, 11) is 0. The number of aliphatic hydroxyl groups is 1. The van der Waals surface area contributed by atoms with Crippen molar-refractivity contribution in [2.24, 2.45) is 5.41 Å². The van der Waals surface area contributed by atoms with Crippen molar-refractivity contribution >= 4 is 0 Å². The lowest BCUT2D eigenvalue weighted by Gasteiger charge is -2.27. The van der Waals surface area contributed by atoms with E-state index in [0.717, 1.165) is 19.5 Å². The molecule has 0 aromatic heterocycles. The fraction of sp³-hybridized carbons (Fsp3) is 1.00. The Morgan fingerprint density at radius 1 is 1.31 bits per heavy atom. The topological polar surface area (TPSA) is 32.3 Å². The first-order chi connectivity index (χ1) is 6.33. The molecule has 2 heteroatoms. The maximum absolute atomic E-state index is 9.02. The van der Waals surface area contributed by atoms with Gasteiger partial charge in [-0.05, 0) is 31.2 Å². The summed E-state index contributed by atoms with van der Waals surface area (Å²) < 4.78 is 0. The Hall–Kier alpha value is -0.0800. The van der Waals surface area contributed by atoms with Crippen LogP contribution in [0, 0.1) is 5.41 Å². The molecule has 0 aliphatic carbocycles. The van der Waals surface area contributed by atoms with Crippen molar-refractivity contribution in [3.63, 3.8) is 0 Å². The highest BCUT2D eigenvalue weighted by molar-refractivity contribution is 4.87.